The number of nitrogens with one attached hydrogen (secondary N) is 1. The molecule has 6 nitrogen and oxygen atoms in total. The van der Waals surface area contributed by atoms with Crippen molar-refractivity contribution in [3.05, 3.63) is 16.4 Å². The number of hydrogen-bond donors (Lipinski definition) is 2. The van der Waals surface area contributed by atoms with Crippen LogP contribution < -0.4 is 11.3 Å². The van der Waals surface area contributed by atoms with Gasteiger partial charge in [-0.3, -0.25) is 16.0 Å². The molecule has 1 heterocycles. The fraction of sp³-hybridized carbons (Fsp3) is 0.727. The van der Waals surface area contributed by atoms with Crippen LogP contribution in [0.2, 0.25) is 0 Å². The lowest BCUT2D eigenvalue weighted by Gasteiger charge is -2.18. The predicted molar refractivity (Wildman–Crippen MR) is 73.3 cm³/mol. The molecule has 0 radical (unpaired) electrons. The topological polar surface area (TPSA) is 74.3 Å². The molecule has 0 saturated heterocycles. The van der Waals surface area contributed by atoms with Crippen LogP contribution in [0.1, 0.15) is 18.2 Å². The van der Waals surface area contributed by atoms with E-state index >= 15 is 0 Å². The Balaban J connectivity index is 2.61. The van der Waals surface area contributed by atoms with Crippen molar-refractivity contribution in [1.29, 1.82) is 0 Å². The van der Waals surface area contributed by atoms with E-state index in [2.05, 4.69) is 26.5 Å². The van der Waals surface area contributed by atoms with Gasteiger partial charge in [-0.25, -0.2) is 8.78 Å². The van der Waals surface area contributed by atoms with Gasteiger partial charge in [0.2, 0.25) is 0 Å². The molecule has 1 aromatic rings. The first kappa shape index (κ1) is 17.4. The number of nitrogens with two attached hydrogens (primary N) is 1. The van der Waals surface area contributed by atoms with Crippen LogP contribution in [0.5, 0.6) is 0 Å². The van der Waals surface area contributed by atoms with Crippen molar-refractivity contribution < 1.29 is 18.3 Å². The minimum Gasteiger partial charge on any atom is -0.383 e. The van der Waals surface area contributed by atoms with Crippen LogP contribution in [0.15, 0.2) is 10.7 Å². The Hall–Kier alpha value is -0.610. The normalized spacial score (nSPS) is 13.1. The third-order valence-corrected chi connectivity index (χ3v) is 3.28. The van der Waals surface area contributed by atoms with E-state index < -0.39 is 13.0 Å². The molecule has 0 aliphatic rings. The second kappa shape index (κ2) is 9.35. The van der Waals surface area contributed by atoms with Gasteiger partial charge in [-0.1, -0.05) is 0 Å². The molecule has 9 heteroatoms. The molecule has 0 aromatic carbocycles. The molecule has 3 N–H and O–H groups in total. The number of hydrogen-bond acceptors (Lipinski definition) is 5. The summed E-state index contributed by atoms with van der Waals surface area (Å²) in [7, 11) is 1.61. The highest BCUT2D eigenvalue weighted by molar-refractivity contribution is 9.10. The summed E-state index contributed by atoms with van der Waals surface area (Å²) in [5.74, 6) is 5.53. The summed E-state index contributed by atoms with van der Waals surface area (Å²) in [6, 6.07) is -0.249. The third-order valence-electron chi connectivity index (χ3n) is 2.67. The number of alkyl halides is 2. The van der Waals surface area contributed by atoms with E-state index in [1.54, 1.807) is 18.0 Å². The van der Waals surface area contributed by atoms with Crippen LogP contribution in [0.4, 0.5) is 8.78 Å². The molecule has 1 rings (SSSR count). The Morgan fingerprint density at radius 3 is 2.85 bits per heavy atom. The summed E-state index contributed by atoms with van der Waals surface area (Å²) < 4.78 is 36.4. The van der Waals surface area contributed by atoms with Gasteiger partial charge in [-0.15, -0.1) is 0 Å². The maximum absolute atomic E-state index is 12.0. The molecule has 20 heavy (non-hydrogen) atoms. The van der Waals surface area contributed by atoms with Crippen LogP contribution in [0.3, 0.4) is 0 Å². The Kier molecular flexibility index (Phi) is 8.15. The van der Waals surface area contributed by atoms with Crippen molar-refractivity contribution in [3.63, 3.8) is 0 Å². The summed E-state index contributed by atoms with van der Waals surface area (Å²) in [6.07, 6.45) is -0.339. The Morgan fingerprint density at radius 2 is 2.25 bits per heavy atom. The fourth-order valence-corrected chi connectivity index (χ4v) is 2.32. The van der Waals surface area contributed by atoms with Crippen molar-refractivity contribution >= 4 is 15.9 Å². The molecule has 0 spiro atoms. The Labute approximate surface area is 124 Å². The number of halogens is 3. The molecule has 1 unspecified atom stereocenters. The molecule has 0 bridgehead atoms. The molecule has 0 saturated carbocycles. The molecule has 0 fully saturated rings. The maximum Gasteiger partial charge on any atom is 0.261 e. The van der Waals surface area contributed by atoms with Crippen molar-refractivity contribution in [2.24, 2.45) is 5.84 Å². The summed E-state index contributed by atoms with van der Waals surface area (Å²) in [5, 5.41) is 4.21. The highest BCUT2D eigenvalue weighted by atomic mass is 79.9. The zero-order chi connectivity index (χ0) is 15.0. The van der Waals surface area contributed by atoms with Gasteiger partial charge in [0.25, 0.3) is 6.43 Å². The van der Waals surface area contributed by atoms with Crippen molar-refractivity contribution in [1.82, 2.24) is 15.2 Å². The number of hydrazine groups is 1. The molecular weight excluding hydrogens is 338 g/mol. The second-order valence-electron chi connectivity index (χ2n) is 4.07. The Bertz CT molecular complexity index is 393. The predicted octanol–water partition coefficient (Wildman–Crippen LogP) is 1.47. The Morgan fingerprint density at radius 1 is 1.50 bits per heavy atom. The lowest BCUT2D eigenvalue weighted by Crippen LogP contribution is -2.31. The van der Waals surface area contributed by atoms with Gasteiger partial charge in [0, 0.05) is 13.7 Å². The van der Waals surface area contributed by atoms with Gasteiger partial charge in [0.1, 0.15) is 6.61 Å². The van der Waals surface area contributed by atoms with Gasteiger partial charge in [-0.05, 0) is 22.4 Å². The molecule has 116 valence electrons. The molecule has 0 aliphatic carbocycles. The van der Waals surface area contributed by atoms with Gasteiger partial charge in [-0.2, -0.15) is 5.10 Å². The van der Waals surface area contributed by atoms with Crippen molar-refractivity contribution in [3.8, 4) is 0 Å². The standard InChI is InChI=1S/C11H19BrF2N4O2/c1-19-5-3-18-11(8(12)6-16-18)9(17-15)2-4-20-7-10(13)14/h6,9-10,17H,2-5,7,15H2,1H3. The zero-order valence-electron chi connectivity index (χ0n) is 11.2. The monoisotopic (exact) mass is 356 g/mol. The van der Waals surface area contributed by atoms with Crippen molar-refractivity contribution in [2.75, 3.05) is 26.9 Å². The number of methoxy groups -OCH3 is 1. The molecule has 0 aliphatic heterocycles. The third kappa shape index (κ3) is 5.41. The van der Waals surface area contributed by atoms with E-state index in [-0.39, 0.29) is 12.6 Å². The molecule has 1 aromatic heterocycles. The first-order chi connectivity index (χ1) is 9.60. The number of ether oxygens (including phenoxy) is 2. The fourth-order valence-electron chi connectivity index (χ4n) is 1.75. The van der Waals surface area contributed by atoms with Crippen LogP contribution in [-0.2, 0) is 16.0 Å². The average Bonchev–Trinajstić information content (AvgIpc) is 2.78. The van der Waals surface area contributed by atoms with Crippen LogP contribution >= 0.6 is 15.9 Å². The van der Waals surface area contributed by atoms with E-state index in [9.17, 15) is 8.78 Å². The first-order valence-corrected chi connectivity index (χ1v) is 6.91. The van der Waals surface area contributed by atoms with E-state index in [1.807, 2.05) is 0 Å². The largest absolute Gasteiger partial charge is 0.383 e. The van der Waals surface area contributed by atoms with Crippen LogP contribution in [0, 0.1) is 0 Å². The van der Waals surface area contributed by atoms with E-state index in [1.165, 1.54) is 0 Å². The number of rotatable bonds is 10. The van der Waals surface area contributed by atoms with Crippen molar-refractivity contribution in [2.45, 2.75) is 25.4 Å². The molecule has 1 atom stereocenters. The summed E-state index contributed by atoms with van der Waals surface area (Å²) >= 11 is 3.40. The minimum absolute atomic E-state index is 0.182. The van der Waals surface area contributed by atoms with E-state index in [0.717, 1.165) is 10.2 Å². The maximum atomic E-state index is 12.0. The number of nitrogens with zero attached hydrogens (tertiary/aromatic N) is 2. The highest BCUT2D eigenvalue weighted by Crippen LogP contribution is 2.25. The summed E-state index contributed by atoms with van der Waals surface area (Å²) in [4.78, 5) is 0. The van der Waals surface area contributed by atoms with Gasteiger partial charge in [0.05, 0.1) is 35.6 Å². The van der Waals surface area contributed by atoms with Gasteiger partial charge < -0.3 is 9.47 Å². The highest BCUT2D eigenvalue weighted by Gasteiger charge is 2.19. The van der Waals surface area contributed by atoms with Gasteiger partial charge >= 0.3 is 0 Å². The lowest BCUT2D eigenvalue weighted by molar-refractivity contribution is 0.0141. The second-order valence-corrected chi connectivity index (χ2v) is 4.92. The molecular formula is C11H19BrF2N4O2. The smallest absolute Gasteiger partial charge is 0.261 e. The summed E-state index contributed by atoms with van der Waals surface area (Å²) in [6.45, 7) is 0.705. The van der Waals surface area contributed by atoms with Gasteiger partial charge in [0.15, 0.2) is 0 Å². The van der Waals surface area contributed by atoms with E-state index in [4.69, 9.17) is 15.3 Å². The lowest BCUT2D eigenvalue weighted by atomic mass is 10.1. The minimum atomic E-state index is -2.46. The number of aromatic nitrogens is 2. The van der Waals surface area contributed by atoms with Crippen LogP contribution in [0.25, 0.3) is 0 Å². The zero-order valence-corrected chi connectivity index (χ0v) is 12.8. The van der Waals surface area contributed by atoms with E-state index in [0.29, 0.717) is 19.6 Å². The average molecular weight is 357 g/mol. The SMILES string of the molecule is COCCn1ncc(Br)c1C(CCOCC(F)F)NN. The summed E-state index contributed by atoms with van der Waals surface area (Å²) in [5.41, 5.74) is 3.49. The molecule has 0 amide bonds. The quantitative estimate of drug-likeness (QED) is 0.377. The van der Waals surface area contributed by atoms with Crippen LogP contribution in [-0.4, -0.2) is 43.1 Å². The first-order valence-electron chi connectivity index (χ1n) is 6.12.